The molecule has 27 heavy (non-hydrogen) atoms. The summed E-state index contributed by atoms with van der Waals surface area (Å²) in [7, 11) is 1.38. The maximum atomic E-state index is 11.3. The molecule has 6 heteroatoms. The summed E-state index contributed by atoms with van der Waals surface area (Å²) in [5, 5.41) is 8.33. The van der Waals surface area contributed by atoms with Gasteiger partial charge in [-0.3, -0.25) is 9.59 Å². The van der Waals surface area contributed by atoms with Gasteiger partial charge >= 0.3 is 11.8 Å². The molecule has 0 fully saturated rings. The highest BCUT2D eigenvalue weighted by Gasteiger charge is 2.08. The fourth-order valence-corrected chi connectivity index (χ4v) is 2.59. The molecule has 0 saturated carbocycles. The number of ether oxygens (including phenoxy) is 1. The maximum absolute atomic E-state index is 11.3. The molecule has 2 N–H and O–H groups in total. The van der Waals surface area contributed by atoms with E-state index in [4.69, 9.17) is 4.74 Å². The van der Waals surface area contributed by atoms with Crippen LogP contribution in [0.1, 0.15) is 11.1 Å². The van der Waals surface area contributed by atoms with Gasteiger partial charge in [-0.15, -0.1) is 0 Å². The van der Waals surface area contributed by atoms with Gasteiger partial charge in [-0.2, -0.15) is 5.10 Å². The Kier molecular flexibility index (Phi) is 5.79. The number of hydrazone groups is 1. The predicted octanol–water partition coefficient (Wildman–Crippen LogP) is 2.61. The number of likely N-dealkylation sites (N-methyl/N-ethyl adjacent to an activating group) is 1. The molecule has 0 heterocycles. The number of carbonyl (C=O) groups is 2. The molecule has 0 aliphatic rings. The van der Waals surface area contributed by atoms with Crippen molar-refractivity contribution in [1.82, 2.24) is 10.7 Å². The molecule has 0 aliphatic heterocycles. The highest BCUT2D eigenvalue weighted by Crippen LogP contribution is 2.21. The first-order valence-corrected chi connectivity index (χ1v) is 8.42. The van der Waals surface area contributed by atoms with E-state index in [0.29, 0.717) is 12.4 Å². The van der Waals surface area contributed by atoms with E-state index in [1.807, 2.05) is 42.5 Å². The number of hydrogen-bond donors (Lipinski definition) is 2. The quantitative estimate of drug-likeness (QED) is 0.416. The number of benzene rings is 3. The summed E-state index contributed by atoms with van der Waals surface area (Å²) in [6.07, 6.45) is 1.45. The van der Waals surface area contributed by atoms with Gasteiger partial charge in [0.15, 0.2) is 0 Å². The number of carbonyl (C=O) groups excluding carboxylic acids is 2. The Morgan fingerprint density at radius 3 is 2.63 bits per heavy atom. The molecule has 0 radical (unpaired) electrons. The van der Waals surface area contributed by atoms with Gasteiger partial charge in [0.1, 0.15) is 12.4 Å². The second kappa shape index (κ2) is 8.62. The van der Waals surface area contributed by atoms with Crippen LogP contribution in [0.4, 0.5) is 0 Å². The van der Waals surface area contributed by atoms with Gasteiger partial charge in [-0.05, 0) is 34.0 Å². The van der Waals surface area contributed by atoms with Crippen molar-refractivity contribution >= 4 is 28.8 Å². The Balaban J connectivity index is 1.65. The van der Waals surface area contributed by atoms with E-state index < -0.39 is 11.8 Å². The van der Waals surface area contributed by atoms with Crippen molar-refractivity contribution in [2.45, 2.75) is 6.61 Å². The largest absolute Gasteiger partial charge is 0.489 e. The summed E-state index contributed by atoms with van der Waals surface area (Å²) in [4.78, 5) is 22.4. The average molecular weight is 361 g/mol. The number of rotatable bonds is 5. The third-order valence-electron chi connectivity index (χ3n) is 3.95. The van der Waals surface area contributed by atoms with E-state index in [2.05, 4.69) is 34.0 Å². The van der Waals surface area contributed by atoms with Gasteiger partial charge < -0.3 is 10.1 Å². The summed E-state index contributed by atoms with van der Waals surface area (Å²) in [6.45, 7) is 0.440. The lowest BCUT2D eigenvalue weighted by molar-refractivity contribution is -0.138. The third-order valence-corrected chi connectivity index (χ3v) is 3.95. The third kappa shape index (κ3) is 4.70. The van der Waals surface area contributed by atoms with Crippen LogP contribution in [0.3, 0.4) is 0 Å². The van der Waals surface area contributed by atoms with E-state index in [-0.39, 0.29) is 0 Å². The number of amides is 2. The van der Waals surface area contributed by atoms with Gasteiger partial charge in [0, 0.05) is 7.05 Å². The molecule has 3 aromatic rings. The minimum absolute atomic E-state index is 0.440. The van der Waals surface area contributed by atoms with E-state index in [1.165, 1.54) is 18.6 Å². The predicted molar refractivity (Wildman–Crippen MR) is 105 cm³/mol. The number of fused-ring (bicyclic) bond motifs is 1. The average Bonchev–Trinajstić information content (AvgIpc) is 2.71. The van der Waals surface area contributed by atoms with Gasteiger partial charge in [-0.1, -0.05) is 54.6 Å². The van der Waals surface area contributed by atoms with Crippen LogP contribution in [0, 0.1) is 0 Å². The standard InChI is InChI=1S/C21H19N3O3/c1-22-20(25)21(26)24-23-13-15-6-4-10-18(12-15)27-14-17-9-5-8-16-7-2-3-11-19(16)17/h2-13H,14H2,1H3,(H,22,25)(H,24,26)/b23-13-. The van der Waals surface area contributed by atoms with Crippen LogP contribution in [0.2, 0.25) is 0 Å². The number of nitrogens with zero attached hydrogens (tertiary/aromatic N) is 1. The Bertz CT molecular complexity index is 993. The van der Waals surface area contributed by atoms with Crippen molar-refractivity contribution in [2.24, 2.45) is 5.10 Å². The minimum atomic E-state index is -0.822. The summed E-state index contributed by atoms with van der Waals surface area (Å²) in [5.41, 5.74) is 4.00. The number of hydrogen-bond acceptors (Lipinski definition) is 4. The molecule has 3 aromatic carbocycles. The highest BCUT2D eigenvalue weighted by atomic mass is 16.5. The second-order valence-corrected chi connectivity index (χ2v) is 5.78. The van der Waals surface area contributed by atoms with Crippen LogP contribution in [0.25, 0.3) is 10.8 Å². The lowest BCUT2D eigenvalue weighted by atomic mass is 10.1. The van der Waals surface area contributed by atoms with Crippen molar-refractivity contribution in [3.8, 4) is 5.75 Å². The monoisotopic (exact) mass is 361 g/mol. The molecule has 0 unspecified atom stereocenters. The normalized spacial score (nSPS) is 10.7. The Labute approximate surface area is 156 Å². The minimum Gasteiger partial charge on any atom is -0.489 e. The highest BCUT2D eigenvalue weighted by molar-refractivity contribution is 6.34. The fraction of sp³-hybridized carbons (Fsp3) is 0.0952. The zero-order chi connectivity index (χ0) is 19.1. The van der Waals surface area contributed by atoms with Crippen molar-refractivity contribution < 1.29 is 14.3 Å². The molecule has 0 aliphatic carbocycles. The molecular weight excluding hydrogens is 342 g/mol. The molecule has 0 bridgehead atoms. The Morgan fingerprint density at radius 2 is 1.78 bits per heavy atom. The molecule has 2 amide bonds. The van der Waals surface area contributed by atoms with Crippen LogP contribution in [-0.2, 0) is 16.2 Å². The summed E-state index contributed by atoms with van der Waals surface area (Å²) in [6, 6.07) is 21.6. The van der Waals surface area contributed by atoms with Crippen molar-refractivity contribution in [1.29, 1.82) is 0 Å². The molecule has 136 valence electrons. The Hall–Kier alpha value is -3.67. The van der Waals surface area contributed by atoms with Crippen LogP contribution in [0.15, 0.2) is 71.8 Å². The van der Waals surface area contributed by atoms with E-state index in [1.54, 1.807) is 6.07 Å². The molecule has 0 spiro atoms. The lowest BCUT2D eigenvalue weighted by Gasteiger charge is -2.09. The summed E-state index contributed by atoms with van der Waals surface area (Å²) in [5.74, 6) is -0.888. The SMILES string of the molecule is CNC(=O)C(=O)N/N=C\c1cccc(OCc2cccc3ccccc23)c1. The van der Waals surface area contributed by atoms with Crippen LogP contribution >= 0.6 is 0 Å². The first kappa shape index (κ1) is 18.1. The van der Waals surface area contributed by atoms with Gasteiger partial charge in [0.2, 0.25) is 0 Å². The van der Waals surface area contributed by atoms with Crippen molar-refractivity contribution in [2.75, 3.05) is 7.05 Å². The smallest absolute Gasteiger partial charge is 0.329 e. The maximum Gasteiger partial charge on any atom is 0.329 e. The summed E-state index contributed by atoms with van der Waals surface area (Å²) < 4.78 is 5.91. The summed E-state index contributed by atoms with van der Waals surface area (Å²) >= 11 is 0. The van der Waals surface area contributed by atoms with Gasteiger partial charge in [0.05, 0.1) is 6.21 Å². The molecular formula is C21H19N3O3. The zero-order valence-corrected chi connectivity index (χ0v) is 14.8. The molecule has 0 atom stereocenters. The first-order chi connectivity index (χ1) is 13.2. The van der Waals surface area contributed by atoms with Crippen molar-refractivity contribution in [3.05, 3.63) is 77.9 Å². The van der Waals surface area contributed by atoms with Crippen LogP contribution in [0.5, 0.6) is 5.75 Å². The molecule has 0 saturated heterocycles. The molecule has 6 nitrogen and oxygen atoms in total. The van der Waals surface area contributed by atoms with Crippen LogP contribution < -0.4 is 15.5 Å². The molecule has 3 rings (SSSR count). The van der Waals surface area contributed by atoms with Gasteiger partial charge in [0.25, 0.3) is 0 Å². The number of nitrogens with one attached hydrogen (secondary N) is 2. The Morgan fingerprint density at radius 1 is 1.00 bits per heavy atom. The molecule has 0 aromatic heterocycles. The van der Waals surface area contributed by atoms with E-state index in [9.17, 15) is 9.59 Å². The first-order valence-electron chi connectivity index (χ1n) is 8.42. The lowest BCUT2D eigenvalue weighted by Crippen LogP contribution is -2.35. The van der Waals surface area contributed by atoms with E-state index in [0.717, 1.165) is 16.5 Å². The fourth-order valence-electron chi connectivity index (χ4n) is 2.59. The van der Waals surface area contributed by atoms with E-state index >= 15 is 0 Å². The second-order valence-electron chi connectivity index (χ2n) is 5.78. The van der Waals surface area contributed by atoms with Gasteiger partial charge in [-0.25, -0.2) is 5.43 Å². The van der Waals surface area contributed by atoms with Crippen LogP contribution in [-0.4, -0.2) is 25.1 Å². The zero-order valence-electron chi connectivity index (χ0n) is 14.8. The van der Waals surface area contributed by atoms with Crippen molar-refractivity contribution in [3.63, 3.8) is 0 Å². The topological polar surface area (TPSA) is 79.8 Å².